The van der Waals surface area contributed by atoms with E-state index in [2.05, 4.69) is 74.9 Å². The first-order chi connectivity index (χ1) is 18.1. The van der Waals surface area contributed by atoms with E-state index < -0.39 is 0 Å². The van der Waals surface area contributed by atoms with Crippen LogP contribution in [0.4, 0.5) is 17.2 Å². The van der Waals surface area contributed by atoms with Gasteiger partial charge in [-0.25, -0.2) is 4.68 Å². The summed E-state index contributed by atoms with van der Waals surface area (Å²) in [4.78, 5) is 16.9. The Balaban J connectivity index is 1.37. The summed E-state index contributed by atoms with van der Waals surface area (Å²) in [5.74, 6) is 0.959. The standard InChI is InChI=1S/C29H32N6O2/c1-19-17-32(29-24-7-3-4-8-25(24)35(31-29)28-9-5-6-14-37-28)27-15-21(10-13-26(27)34(19)20(2)36)22-16-30-33(18-22)23-11-12-23/h3-4,7-8,10,13,15-16,18-19,23,28H,5-6,9,11-12,14,17H2,1-2H3. The minimum atomic E-state index is -0.0533. The Hall–Kier alpha value is -3.65. The van der Waals surface area contributed by atoms with E-state index >= 15 is 0 Å². The molecule has 1 amide bonds. The second-order valence-corrected chi connectivity index (χ2v) is 10.6. The number of benzene rings is 2. The molecular formula is C29H32N6O2. The van der Waals surface area contributed by atoms with Gasteiger partial charge in [0.25, 0.3) is 0 Å². The number of ether oxygens (including phenoxy) is 1. The van der Waals surface area contributed by atoms with Crippen LogP contribution >= 0.6 is 0 Å². The molecule has 0 spiro atoms. The van der Waals surface area contributed by atoms with Crippen molar-refractivity contribution in [2.75, 3.05) is 23.0 Å². The van der Waals surface area contributed by atoms with Crippen LogP contribution in [0.2, 0.25) is 0 Å². The molecule has 7 rings (SSSR count). The number of nitrogens with zero attached hydrogens (tertiary/aromatic N) is 6. The maximum Gasteiger partial charge on any atom is 0.224 e. The summed E-state index contributed by atoms with van der Waals surface area (Å²) in [5.41, 5.74) is 5.17. The van der Waals surface area contributed by atoms with Crippen LogP contribution in [0.1, 0.15) is 58.2 Å². The second kappa shape index (κ2) is 8.73. The van der Waals surface area contributed by atoms with E-state index in [4.69, 9.17) is 9.84 Å². The average molecular weight is 497 g/mol. The van der Waals surface area contributed by atoms with Crippen LogP contribution in [0.5, 0.6) is 0 Å². The molecule has 4 heterocycles. The maximum atomic E-state index is 12.7. The highest BCUT2D eigenvalue weighted by Gasteiger charge is 2.34. The molecule has 4 aromatic rings. The summed E-state index contributed by atoms with van der Waals surface area (Å²) in [6.07, 6.45) is 9.64. The van der Waals surface area contributed by atoms with Crippen molar-refractivity contribution in [3.8, 4) is 11.1 Å². The Morgan fingerprint density at radius 1 is 1.03 bits per heavy atom. The van der Waals surface area contributed by atoms with Crippen molar-refractivity contribution in [2.45, 2.75) is 64.3 Å². The summed E-state index contributed by atoms with van der Waals surface area (Å²) in [7, 11) is 0. The van der Waals surface area contributed by atoms with E-state index in [1.807, 2.05) is 11.1 Å². The largest absolute Gasteiger partial charge is 0.356 e. The smallest absolute Gasteiger partial charge is 0.224 e. The van der Waals surface area contributed by atoms with Crippen molar-refractivity contribution in [3.63, 3.8) is 0 Å². The van der Waals surface area contributed by atoms with E-state index in [9.17, 15) is 4.79 Å². The van der Waals surface area contributed by atoms with Gasteiger partial charge in [0, 0.05) is 37.2 Å². The molecule has 37 heavy (non-hydrogen) atoms. The molecule has 0 bridgehead atoms. The highest BCUT2D eigenvalue weighted by molar-refractivity contribution is 6.01. The van der Waals surface area contributed by atoms with Crippen molar-refractivity contribution >= 4 is 34.0 Å². The van der Waals surface area contributed by atoms with Gasteiger partial charge in [-0.3, -0.25) is 9.48 Å². The lowest BCUT2D eigenvalue weighted by Gasteiger charge is -2.41. The summed E-state index contributed by atoms with van der Waals surface area (Å²) < 4.78 is 10.3. The number of aromatic nitrogens is 4. The number of para-hydroxylation sites is 1. The fraction of sp³-hybridized carbons (Fsp3) is 0.414. The quantitative estimate of drug-likeness (QED) is 0.356. The van der Waals surface area contributed by atoms with Crippen LogP contribution in [-0.2, 0) is 9.53 Å². The van der Waals surface area contributed by atoms with Crippen molar-refractivity contribution in [2.24, 2.45) is 0 Å². The van der Waals surface area contributed by atoms with Crippen LogP contribution in [-0.4, -0.2) is 44.7 Å². The molecule has 0 radical (unpaired) electrons. The Bertz CT molecular complexity index is 1480. The predicted molar refractivity (Wildman–Crippen MR) is 144 cm³/mol. The molecular weight excluding hydrogens is 464 g/mol. The summed E-state index contributed by atoms with van der Waals surface area (Å²) in [6, 6.07) is 15.3. The maximum absolute atomic E-state index is 12.7. The van der Waals surface area contributed by atoms with E-state index in [-0.39, 0.29) is 18.2 Å². The fourth-order valence-corrected chi connectivity index (χ4v) is 5.92. The van der Waals surface area contributed by atoms with Crippen LogP contribution < -0.4 is 9.80 Å². The molecule has 2 atom stereocenters. The second-order valence-electron chi connectivity index (χ2n) is 10.6. The lowest BCUT2D eigenvalue weighted by Crippen LogP contribution is -2.48. The minimum absolute atomic E-state index is 0.00306. The van der Waals surface area contributed by atoms with Gasteiger partial charge in [-0.1, -0.05) is 18.2 Å². The third kappa shape index (κ3) is 3.82. The first kappa shape index (κ1) is 22.5. The monoisotopic (exact) mass is 496 g/mol. The average Bonchev–Trinajstić information content (AvgIpc) is 3.52. The number of carbonyl (C=O) groups is 1. The normalized spacial score (nSPS) is 21.9. The van der Waals surface area contributed by atoms with Gasteiger partial charge in [0.2, 0.25) is 5.91 Å². The van der Waals surface area contributed by atoms with Gasteiger partial charge in [0.15, 0.2) is 12.0 Å². The zero-order chi connectivity index (χ0) is 25.1. The third-order valence-electron chi connectivity index (χ3n) is 7.89. The zero-order valence-corrected chi connectivity index (χ0v) is 21.4. The van der Waals surface area contributed by atoms with Crippen LogP contribution in [0.15, 0.2) is 54.9 Å². The topological polar surface area (TPSA) is 68.4 Å². The van der Waals surface area contributed by atoms with E-state index in [1.165, 1.54) is 12.8 Å². The molecule has 1 saturated heterocycles. The highest BCUT2D eigenvalue weighted by atomic mass is 16.5. The first-order valence-electron chi connectivity index (χ1n) is 13.4. The van der Waals surface area contributed by atoms with Crippen LogP contribution in [0, 0.1) is 0 Å². The Morgan fingerprint density at radius 2 is 1.89 bits per heavy atom. The minimum Gasteiger partial charge on any atom is -0.356 e. The van der Waals surface area contributed by atoms with Crippen molar-refractivity contribution in [3.05, 3.63) is 54.9 Å². The van der Waals surface area contributed by atoms with Gasteiger partial charge >= 0.3 is 0 Å². The molecule has 1 aliphatic carbocycles. The predicted octanol–water partition coefficient (Wildman–Crippen LogP) is 5.83. The van der Waals surface area contributed by atoms with Gasteiger partial charge in [0.1, 0.15) is 0 Å². The molecule has 8 nitrogen and oxygen atoms in total. The Labute approximate surface area is 216 Å². The van der Waals surface area contributed by atoms with Gasteiger partial charge < -0.3 is 14.5 Å². The van der Waals surface area contributed by atoms with Crippen molar-refractivity contribution < 1.29 is 9.53 Å². The number of fused-ring (bicyclic) bond motifs is 2. The number of hydrogen-bond donors (Lipinski definition) is 0. The summed E-state index contributed by atoms with van der Waals surface area (Å²) >= 11 is 0. The summed E-state index contributed by atoms with van der Waals surface area (Å²) in [5, 5.41) is 10.9. The van der Waals surface area contributed by atoms with E-state index in [0.717, 1.165) is 65.1 Å². The first-order valence-corrected chi connectivity index (χ1v) is 13.4. The van der Waals surface area contributed by atoms with Crippen LogP contribution in [0.3, 0.4) is 0 Å². The molecule has 0 N–H and O–H groups in total. The van der Waals surface area contributed by atoms with Crippen molar-refractivity contribution in [1.82, 2.24) is 19.6 Å². The van der Waals surface area contributed by atoms with Gasteiger partial charge in [-0.05, 0) is 68.9 Å². The number of anilines is 3. The lowest BCUT2D eigenvalue weighted by atomic mass is 10.0. The van der Waals surface area contributed by atoms with Crippen molar-refractivity contribution in [1.29, 1.82) is 0 Å². The molecule has 2 unspecified atom stereocenters. The van der Waals surface area contributed by atoms with Gasteiger partial charge in [0.05, 0.1) is 35.2 Å². The van der Waals surface area contributed by atoms with Gasteiger partial charge in [-0.15, -0.1) is 0 Å². The Morgan fingerprint density at radius 3 is 2.68 bits per heavy atom. The van der Waals surface area contributed by atoms with E-state index in [1.54, 1.807) is 6.92 Å². The Kier molecular flexibility index (Phi) is 5.32. The van der Waals surface area contributed by atoms with Gasteiger partial charge in [-0.2, -0.15) is 10.2 Å². The molecule has 8 heteroatoms. The SMILES string of the molecule is CC(=O)N1c2ccc(-c3cnn(C4CC4)c3)cc2N(c2nn(C3CCCCO3)c3ccccc23)CC1C. The molecule has 1 saturated carbocycles. The molecule has 2 aromatic carbocycles. The molecule has 3 aliphatic rings. The zero-order valence-electron chi connectivity index (χ0n) is 21.4. The number of carbonyl (C=O) groups excluding carboxylic acids is 1. The molecule has 2 aromatic heterocycles. The third-order valence-corrected chi connectivity index (χ3v) is 7.89. The lowest BCUT2D eigenvalue weighted by molar-refractivity contribution is -0.117. The summed E-state index contributed by atoms with van der Waals surface area (Å²) in [6.45, 7) is 5.18. The number of hydrogen-bond acceptors (Lipinski definition) is 5. The molecule has 190 valence electrons. The fourth-order valence-electron chi connectivity index (χ4n) is 5.92. The number of rotatable bonds is 4. The highest BCUT2D eigenvalue weighted by Crippen LogP contribution is 2.44. The van der Waals surface area contributed by atoms with Crippen LogP contribution in [0.25, 0.3) is 22.0 Å². The van der Waals surface area contributed by atoms with E-state index in [0.29, 0.717) is 12.6 Å². The number of amides is 1. The molecule has 2 aliphatic heterocycles. The molecule has 2 fully saturated rings.